The molecule has 0 atom stereocenters. The highest BCUT2D eigenvalue weighted by Crippen LogP contribution is 2.23. The maximum atomic E-state index is 13.3. The molecule has 1 amide bonds. The van der Waals surface area contributed by atoms with Gasteiger partial charge < -0.3 is 0 Å². The molecule has 1 N–H and O–H groups in total. The Hall–Kier alpha value is -2.75. The Kier molecular flexibility index (Phi) is 6.64. The number of carbonyl (C=O) groups is 1. The molecule has 0 saturated carbocycles. The van der Waals surface area contributed by atoms with Gasteiger partial charge in [-0.15, -0.1) is 11.3 Å². The number of hydrogen-bond acceptors (Lipinski definition) is 6. The predicted octanol–water partition coefficient (Wildman–Crippen LogP) is 4.76. The van der Waals surface area contributed by atoms with Crippen molar-refractivity contribution in [3.05, 3.63) is 85.2 Å². The number of carbonyl (C=O) groups excluding carboxylic acids is 1. The van der Waals surface area contributed by atoms with Crippen LogP contribution in [-0.2, 0) is 4.79 Å². The first-order valence-electron chi connectivity index (χ1n) is 9.31. The summed E-state index contributed by atoms with van der Waals surface area (Å²) in [4.78, 5) is 31.1. The van der Waals surface area contributed by atoms with E-state index < -0.39 is 0 Å². The second-order valence-electron chi connectivity index (χ2n) is 6.56. The zero-order valence-electron chi connectivity index (χ0n) is 16.4. The molecule has 2 aromatic heterocycles. The van der Waals surface area contributed by atoms with Crippen LogP contribution in [0.15, 0.2) is 79.5 Å². The second kappa shape index (κ2) is 9.59. The number of thiophene rings is 1. The van der Waals surface area contributed by atoms with E-state index in [1.807, 2.05) is 55.5 Å². The van der Waals surface area contributed by atoms with E-state index in [-0.39, 0.29) is 17.2 Å². The molecular weight excluding hydrogens is 496 g/mol. The number of aryl methyl sites for hydroxylation is 1. The zero-order valence-corrected chi connectivity index (χ0v) is 19.6. The molecule has 0 bridgehead atoms. The molecular formula is C22H17BrN4O2S2. The largest absolute Gasteiger partial charge is 0.272 e. The number of aromatic nitrogens is 2. The Morgan fingerprint density at radius 3 is 2.74 bits per heavy atom. The summed E-state index contributed by atoms with van der Waals surface area (Å²) in [7, 11) is 0. The van der Waals surface area contributed by atoms with Crippen molar-refractivity contribution < 1.29 is 4.79 Å². The standard InChI is InChI=1S/C22H17BrN4O2S2/c1-14-6-2-5-9-18(14)27-21(29)16-7-3-4-8-17(16)25-22(27)30-13-20(28)26-24-12-15-10-11-19(23)31-15/h2-12H,13H2,1H3,(H,26,28). The quantitative estimate of drug-likeness (QED) is 0.175. The molecule has 0 aliphatic heterocycles. The lowest BCUT2D eigenvalue weighted by atomic mass is 10.2. The van der Waals surface area contributed by atoms with E-state index in [1.165, 1.54) is 23.1 Å². The summed E-state index contributed by atoms with van der Waals surface area (Å²) in [6, 6.07) is 18.6. The van der Waals surface area contributed by atoms with Crippen LogP contribution in [0.4, 0.5) is 0 Å². The zero-order chi connectivity index (χ0) is 21.8. The number of nitrogens with one attached hydrogen (secondary N) is 1. The lowest BCUT2D eigenvalue weighted by molar-refractivity contribution is -0.118. The van der Waals surface area contributed by atoms with Gasteiger partial charge in [-0.1, -0.05) is 42.1 Å². The summed E-state index contributed by atoms with van der Waals surface area (Å²) in [5.74, 6) is -0.210. The van der Waals surface area contributed by atoms with Gasteiger partial charge in [0, 0.05) is 4.88 Å². The smallest absolute Gasteiger partial charge is 0.266 e. The fourth-order valence-electron chi connectivity index (χ4n) is 2.96. The van der Waals surface area contributed by atoms with Gasteiger partial charge in [0.2, 0.25) is 0 Å². The normalized spacial score (nSPS) is 11.3. The average Bonchev–Trinajstić information content (AvgIpc) is 3.18. The van der Waals surface area contributed by atoms with Gasteiger partial charge in [-0.05, 0) is 58.7 Å². The lowest BCUT2D eigenvalue weighted by Crippen LogP contribution is -2.24. The van der Waals surface area contributed by atoms with Crippen molar-refractivity contribution >= 4 is 62.1 Å². The summed E-state index contributed by atoms with van der Waals surface area (Å²) in [6.45, 7) is 1.94. The van der Waals surface area contributed by atoms with Crippen LogP contribution in [0.5, 0.6) is 0 Å². The monoisotopic (exact) mass is 512 g/mol. The molecule has 0 fully saturated rings. The van der Waals surface area contributed by atoms with Crippen molar-refractivity contribution in [3.8, 4) is 5.69 Å². The first-order chi connectivity index (χ1) is 15.0. The number of rotatable bonds is 6. The highest BCUT2D eigenvalue weighted by Gasteiger charge is 2.15. The molecule has 0 saturated heterocycles. The summed E-state index contributed by atoms with van der Waals surface area (Å²) >= 11 is 6.10. The average molecular weight is 513 g/mol. The first-order valence-corrected chi connectivity index (χ1v) is 11.9. The Bertz CT molecular complexity index is 1350. The highest BCUT2D eigenvalue weighted by atomic mass is 79.9. The Morgan fingerprint density at radius 1 is 1.19 bits per heavy atom. The van der Waals surface area contributed by atoms with Gasteiger partial charge in [0.1, 0.15) is 0 Å². The Balaban J connectivity index is 1.60. The molecule has 2 aromatic carbocycles. The Morgan fingerprint density at radius 2 is 1.97 bits per heavy atom. The number of amides is 1. The van der Waals surface area contributed by atoms with E-state index in [0.717, 1.165) is 19.9 Å². The van der Waals surface area contributed by atoms with Crippen LogP contribution >= 0.6 is 39.0 Å². The first kappa shape index (κ1) is 21.5. The van der Waals surface area contributed by atoms with Crippen LogP contribution in [0.2, 0.25) is 0 Å². The molecule has 2 heterocycles. The fraction of sp³-hybridized carbons (Fsp3) is 0.0909. The molecule has 0 unspecified atom stereocenters. The molecule has 4 aromatic rings. The van der Waals surface area contributed by atoms with Gasteiger partial charge in [-0.3, -0.25) is 14.2 Å². The van der Waals surface area contributed by atoms with Crippen LogP contribution in [0.25, 0.3) is 16.6 Å². The minimum Gasteiger partial charge on any atom is -0.272 e. The van der Waals surface area contributed by atoms with Crippen molar-refractivity contribution in [2.45, 2.75) is 12.1 Å². The molecule has 4 rings (SSSR count). The number of nitrogens with zero attached hydrogens (tertiary/aromatic N) is 3. The van der Waals surface area contributed by atoms with Gasteiger partial charge in [-0.2, -0.15) is 5.10 Å². The summed E-state index contributed by atoms with van der Waals surface area (Å²) in [6.07, 6.45) is 1.59. The topological polar surface area (TPSA) is 76.3 Å². The molecule has 0 spiro atoms. The SMILES string of the molecule is Cc1ccccc1-n1c(SCC(=O)NN=Cc2ccc(Br)s2)nc2ccccc2c1=O. The van der Waals surface area contributed by atoms with E-state index in [2.05, 4.69) is 31.4 Å². The Labute approximate surface area is 195 Å². The third-order valence-corrected chi connectivity index (χ3v) is 6.91. The lowest BCUT2D eigenvalue weighted by Gasteiger charge is -2.14. The molecule has 9 heteroatoms. The van der Waals surface area contributed by atoms with Crippen molar-refractivity contribution in [1.29, 1.82) is 0 Å². The van der Waals surface area contributed by atoms with E-state index >= 15 is 0 Å². The van der Waals surface area contributed by atoms with Crippen LogP contribution in [0.3, 0.4) is 0 Å². The molecule has 156 valence electrons. The third kappa shape index (κ3) is 4.95. The summed E-state index contributed by atoms with van der Waals surface area (Å²) in [5.41, 5.74) is 4.64. The number of hydrazone groups is 1. The van der Waals surface area contributed by atoms with Gasteiger partial charge >= 0.3 is 0 Å². The van der Waals surface area contributed by atoms with E-state index in [4.69, 9.17) is 0 Å². The number of hydrogen-bond donors (Lipinski definition) is 1. The maximum Gasteiger partial charge on any atom is 0.266 e. The van der Waals surface area contributed by atoms with Crippen molar-refractivity contribution in [2.75, 3.05) is 5.75 Å². The van der Waals surface area contributed by atoms with Crippen LogP contribution in [0, 0.1) is 6.92 Å². The minimum atomic E-state index is -0.282. The molecule has 31 heavy (non-hydrogen) atoms. The van der Waals surface area contributed by atoms with Crippen LogP contribution in [-0.4, -0.2) is 27.4 Å². The van der Waals surface area contributed by atoms with E-state index in [1.54, 1.807) is 22.9 Å². The highest BCUT2D eigenvalue weighted by molar-refractivity contribution is 9.11. The van der Waals surface area contributed by atoms with Crippen LogP contribution < -0.4 is 11.0 Å². The molecule has 0 aliphatic carbocycles. The van der Waals surface area contributed by atoms with Gasteiger partial charge in [-0.25, -0.2) is 10.4 Å². The number of thioether (sulfide) groups is 1. The van der Waals surface area contributed by atoms with Gasteiger partial charge in [0.25, 0.3) is 11.5 Å². The van der Waals surface area contributed by atoms with Crippen molar-refractivity contribution in [2.24, 2.45) is 5.10 Å². The molecule has 0 aliphatic rings. The number of benzene rings is 2. The fourth-order valence-corrected chi connectivity index (χ4v) is 5.06. The van der Waals surface area contributed by atoms with Crippen molar-refractivity contribution in [1.82, 2.24) is 15.0 Å². The molecule has 6 nitrogen and oxygen atoms in total. The maximum absolute atomic E-state index is 13.3. The van der Waals surface area contributed by atoms with Gasteiger partial charge in [0.15, 0.2) is 5.16 Å². The van der Waals surface area contributed by atoms with E-state index in [0.29, 0.717) is 16.1 Å². The summed E-state index contributed by atoms with van der Waals surface area (Å²) in [5, 5.41) is 4.98. The third-order valence-electron chi connectivity index (χ3n) is 4.41. The van der Waals surface area contributed by atoms with Crippen molar-refractivity contribution in [3.63, 3.8) is 0 Å². The predicted molar refractivity (Wildman–Crippen MR) is 131 cm³/mol. The minimum absolute atomic E-state index is 0.0716. The summed E-state index contributed by atoms with van der Waals surface area (Å²) < 4.78 is 2.56. The number of halogens is 1. The number of para-hydroxylation sites is 2. The second-order valence-corrected chi connectivity index (χ2v) is 10.00. The van der Waals surface area contributed by atoms with Crippen LogP contribution in [0.1, 0.15) is 10.4 Å². The van der Waals surface area contributed by atoms with E-state index in [9.17, 15) is 9.59 Å². The number of fused-ring (bicyclic) bond motifs is 1. The van der Waals surface area contributed by atoms with Gasteiger partial charge in [0.05, 0.1) is 32.3 Å². The molecule has 0 radical (unpaired) electrons.